The van der Waals surface area contributed by atoms with E-state index in [-0.39, 0.29) is 23.3 Å². The predicted molar refractivity (Wildman–Crippen MR) is 134 cm³/mol. The van der Waals surface area contributed by atoms with Gasteiger partial charge in [0.1, 0.15) is 11.5 Å². The number of carbonyl (C=O) groups is 2. The molecule has 0 bridgehead atoms. The summed E-state index contributed by atoms with van der Waals surface area (Å²) in [6, 6.07) is 22.3. The van der Waals surface area contributed by atoms with Gasteiger partial charge in [0.25, 0.3) is 11.8 Å². The zero-order chi connectivity index (χ0) is 24.7. The molecule has 2 N–H and O–H groups in total. The predicted octanol–water partition coefficient (Wildman–Crippen LogP) is 4.26. The van der Waals surface area contributed by atoms with Gasteiger partial charge in [0.15, 0.2) is 0 Å². The number of amides is 2. The minimum Gasteiger partial charge on any atom is -0.508 e. The fourth-order valence-corrected chi connectivity index (χ4v) is 4.86. The van der Waals surface area contributed by atoms with Crippen LogP contribution in [0.4, 0.5) is 11.4 Å². The maximum Gasteiger partial charge on any atom is 0.256 e. The van der Waals surface area contributed by atoms with E-state index in [2.05, 4.69) is 10.2 Å². The number of para-hydroxylation sites is 2. The monoisotopic (exact) mass is 468 g/mol. The van der Waals surface area contributed by atoms with Crippen LogP contribution < -0.4 is 10.0 Å². The largest absolute Gasteiger partial charge is 0.508 e. The molecule has 2 atom stereocenters. The molecule has 3 aromatic carbocycles. The highest BCUT2D eigenvalue weighted by Gasteiger charge is 2.50. The molecule has 2 aliphatic rings. The van der Waals surface area contributed by atoms with Crippen molar-refractivity contribution in [1.29, 1.82) is 0 Å². The molecule has 2 amide bonds. The molecule has 0 radical (unpaired) electrons. The van der Waals surface area contributed by atoms with Gasteiger partial charge in [0.2, 0.25) is 0 Å². The van der Waals surface area contributed by atoms with E-state index in [9.17, 15) is 19.8 Å². The number of aromatic hydroxyl groups is 2. The standard InChI is InChI=1S/C27H24N4O4/c1-16-23(26(34)30(28-16)18-9-5-3-6-10-18)25(21-14-13-20(32)15-22(21)33)24-17(2)29-31(27(24)35)19-11-7-4-8-12-19/h3-15,23-25,32-33H,1-2H3. The van der Waals surface area contributed by atoms with E-state index >= 15 is 0 Å². The first kappa shape index (κ1) is 22.3. The van der Waals surface area contributed by atoms with Crippen LogP contribution >= 0.6 is 0 Å². The molecule has 8 nitrogen and oxygen atoms in total. The first-order valence-electron chi connectivity index (χ1n) is 11.3. The number of anilines is 2. The van der Waals surface area contributed by atoms with Crippen molar-refractivity contribution >= 4 is 34.6 Å². The molecule has 35 heavy (non-hydrogen) atoms. The lowest BCUT2D eigenvalue weighted by Gasteiger charge is -2.29. The number of rotatable bonds is 5. The molecule has 2 heterocycles. The Bertz CT molecular complexity index is 1270. The Labute approximate surface area is 202 Å². The van der Waals surface area contributed by atoms with Crippen LogP contribution in [-0.2, 0) is 9.59 Å². The molecule has 0 aromatic heterocycles. The van der Waals surface area contributed by atoms with Crippen LogP contribution in [-0.4, -0.2) is 33.5 Å². The Balaban J connectivity index is 1.60. The van der Waals surface area contributed by atoms with Gasteiger partial charge in [-0.3, -0.25) is 9.59 Å². The fourth-order valence-electron chi connectivity index (χ4n) is 4.86. The summed E-state index contributed by atoms with van der Waals surface area (Å²) >= 11 is 0. The molecular formula is C27H24N4O4. The summed E-state index contributed by atoms with van der Waals surface area (Å²) in [5, 5.41) is 32.4. The molecule has 176 valence electrons. The number of carbonyl (C=O) groups excluding carboxylic acids is 2. The highest BCUT2D eigenvalue weighted by Crippen LogP contribution is 2.45. The minimum absolute atomic E-state index is 0.118. The van der Waals surface area contributed by atoms with Crippen molar-refractivity contribution in [2.24, 2.45) is 22.0 Å². The molecule has 0 aliphatic carbocycles. The fraction of sp³-hybridized carbons (Fsp3) is 0.185. The number of phenolic OH excluding ortho intramolecular Hbond substituents is 2. The van der Waals surface area contributed by atoms with Crippen LogP contribution in [0.5, 0.6) is 11.5 Å². The summed E-state index contributed by atoms with van der Waals surface area (Å²) in [6.07, 6.45) is 0. The van der Waals surface area contributed by atoms with Crippen LogP contribution in [0, 0.1) is 11.8 Å². The molecular weight excluding hydrogens is 444 g/mol. The zero-order valence-corrected chi connectivity index (χ0v) is 19.2. The lowest BCUT2D eigenvalue weighted by Crippen LogP contribution is -2.40. The third-order valence-electron chi connectivity index (χ3n) is 6.46. The topological polar surface area (TPSA) is 106 Å². The van der Waals surface area contributed by atoms with E-state index in [0.29, 0.717) is 28.4 Å². The van der Waals surface area contributed by atoms with Crippen LogP contribution in [0.2, 0.25) is 0 Å². The summed E-state index contributed by atoms with van der Waals surface area (Å²) in [6.45, 7) is 3.49. The Morgan fingerprint density at radius 1 is 0.714 bits per heavy atom. The number of phenols is 2. The first-order valence-corrected chi connectivity index (χ1v) is 11.3. The van der Waals surface area contributed by atoms with Crippen molar-refractivity contribution in [1.82, 2.24) is 0 Å². The smallest absolute Gasteiger partial charge is 0.256 e. The number of hydrazone groups is 2. The molecule has 0 saturated heterocycles. The molecule has 0 saturated carbocycles. The summed E-state index contributed by atoms with van der Waals surface area (Å²) in [4.78, 5) is 27.5. The number of benzene rings is 3. The van der Waals surface area contributed by atoms with E-state index in [1.165, 1.54) is 22.2 Å². The van der Waals surface area contributed by atoms with Crippen LogP contribution in [0.1, 0.15) is 25.3 Å². The van der Waals surface area contributed by atoms with Gasteiger partial charge in [-0.2, -0.15) is 10.2 Å². The van der Waals surface area contributed by atoms with E-state index in [0.717, 1.165) is 0 Å². The van der Waals surface area contributed by atoms with Gasteiger partial charge in [-0.15, -0.1) is 0 Å². The van der Waals surface area contributed by atoms with Gasteiger partial charge in [-0.25, -0.2) is 10.0 Å². The minimum atomic E-state index is -0.819. The quantitative estimate of drug-likeness (QED) is 0.584. The molecule has 8 heteroatoms. The van der Waals surface area contributed by atoms with E-state index in [1.54, 1.807) is 44.2 Å². The summed E-state index contributed by atoms with van der Waals surface area (Å²) < 4.78 is 0. The Morgan fingerprint density at radius 3 is 1.60 bits per heavy atom. The van der Waals surface area contributed by atoms with Gasteiger partial charge in [0, 0.05) is 23.4 Å². The van der Waals surface area contributed by atoms with Gasteiger partial charge >= 0.3 is 0 Å². The third kappa shape index (κ3) is 3.82. The van der Waals surface area contributed by atoms with Crippen molar-refractivity contribution in [3.63, 3.8) is 0 Å². The van der Waals surface area contributed by atoms with E-state index < -0.39 is 17.8 Å². The average molecular weight is 469 g/mol. The van der Waals surface area contributed by atoms with Gasteiger partial charge < -0.3 is 10.2 Å². The van der Waals surface area contributed by atoms with Gasteiger partial charge in [0.05, 0.1) is 23.2 Å². The maximum atomic E-state index is 13.7. The van der Waals surface area contributed by atoms with Crippen molar-refractivity contribution in [2.75, 3.05) is 10.0 Å². The number of hydrogen-bond acceptors (Lipinski definition) is 6. The van der Waals surface area contributed by atoms with Gasteiger partial charge in [-0.1, -0.05) is 42.5 Å². The number of nitrogens with zero attached hydrogens (tertiary/aromatic N) is 4. The Hall–Kier alpha value is -4.46. The molecule has 0 fully saturated rings. The first-order chi connectivity index (χ1) is 16.9. The normalized spacial score (nSPS) is 20.7. The van der Waals surface area contributed by atoms with Crippen molar-refractivity contribution in [3.8, 4) is 11.5 Å². The van der Waals surface area contributed by atoms with Crippen LogP contribution in [0.25, 0.3) is 0 Å². The van der Waals surface area contributed by atoms with Crippen LogP contribution in [0.3, 0.4) is 0 Å². The Kier molecular flexibility index (Phi) is 5.56. The summed E-state index contributed by atoms with van der Waals surface area (Å²) in [7, 11) is 0. The van der Waals surface area contributed by atoms with E-state index in [1.807, 2.05) is 36.4 Å². The van der Waals surface area contributed by atoms with Crippen LogP contribution in [0.15, 0.2) is 89.1 Å². The second-order valence-electron chi connectivity index (χ2n) is 8.68. The zero-order valence-electron chi connectivity index (χ0n) is 19.2. The second kappa shape index (κ2) is 8.72. The third-order valence-corrected chi connectivity index (χ3v) is 6.46. The molecule has 2 unspecified atom stereocenters. The van der Waals surface area contributed by atoms with Crippen molar-refractivity contribution < 1.29 is 19.8 Å². The lowest BCUT2D eigenvalue weighted by molar-refractivity contribution is -0.122. The molecule has 2 aliphatic heterocycles. The van der Waals surface area contributed by atoms with Gasteiger partial charge in [-0.05, 0) is 49.7 Å². The van der Waals surface area contributed by atoms with Crippen molar-refractivity contribution in [3.05, 3.63) is 84.4 Å². The molecule has 3 aromatic rings. The lowest BCUT2D eigenvalue weighted by atomic mass is 9.72. The molecule has 5 rings (SSSR count). The number of hydrogen-bond donors (Lipinski definition) is 2. The highest BCUT2D eigenvalue weighted by molar-refractivity contribution is 6.19. The average Bonchev–Trinajstić information content (AvgIpc) is 3.32. The van der Waals surface area contributed by atoms with Crippen molar-refractivity contribution in [2.45, 2.75) is 19.8 Å². The van der Waals surface area contributed by atoms with E-state index in [4.69, 9.17) is 0 Å². The SMILES string of the molecule is CC1=NN(c2ccccc2)C(=O)C1C(c1ccc(O)cc1O)C1C(=O)N(c2ccccc2)N=C1C. The molecule has 0 spiro atoms. The highest BCUT2D eigenvalue weighted by atomic mass is 16.3. The second-order valence-corrected chi connectivity index (χ2v) is 8.68. The summed E-state index contributed by atoms with van der Waals surface area (Å²) in [5.41, 5.74) is 2.64. The maximum absolute atomic E-state index is 13.7. The Morgan fingerprint density at radius 2 is 1.17 bits per heavy atom. The summed E-state index contributed by atoms with van der Waals surface area (Å²) in [5.74, 6) is -3.35.